The standard InChI is InChI=1S/C37H49N3O7S/c1-8-37(4,5)27-14-19-32(41)31(21-27)40-24-34(47-36(40)44)35(43)38-30(20-26-12-10-9-11-13-26)33(42)23-39(22-25(2)3)48(7,45)29-17-15-28(46-6)16-18-29/h9-19,21,25,30,33-34,41-42H,7-8,20,22-24H2,1-6H3,(H,38,43)/t30-,33+,34-,48?/m0/s1. The summed E-state index contributed by atoms with van der Waals surface area (Å²) in [5.41, 5.74) is 1.88. The quantitative estimate of drug-likeness (QED) is 0.190. The molecule has 0 saturated carbocycles. The van der Waals surface area contributed by atoms with Gasteiger partial charge in [-0.05, 0) is 77.6 Å². The molecule has 0 bridgehead atoms. The zero-order valence-corrected chi connectivity index (χ0v) is 29.5. The van der Waals surface area contributed by atoms with Crippen LogP contribution in [0.4, 0.5) is 10.5 Å². The SMILES string of the molecule is C=S(=O)(c1ccc(OC)cc1)N(CC(C)C)C[C@@H](O)[C@H](Cc1ccccc1)NC(=O)[C@@H]1CN(c2cc(C(C)(C)CC)ccc2O)C(=O)O1. The minimum Gasteiger partial charge on any atom is -0.506 e. The average molecular weight is 680 g/mol. The molecule has 260 valence electrons. The van der Waals surface area contributed by atoms with Crippen LogP contribution in [0.25, 0.3) is 0 Å². The van der Waals surface area contributed by atoms with Crippen molar-refractivity contribution in [3.63, 3.8) is 0 Å². The molecule has 0 aromatic heterocycles. The van der Waals surface area contributed by atoms with Crippen molar-refractivity contribution in [3.05, 3.63) is 83.9 Å². The molecule has 1 fully saturated rings. The van der Waals surface area contributed by atoms with E-state index in [-0.39, 0.29) is 42.3 Å². The number of phenolic OH excluding ortho intramolecular Hbond substituents is 1. The number of methoxy groups -OCH3 is 1. The highest BCUT2D eigenvalue weighted by Crippen LogP contribution is 2.36. The predicted molar refractivity (Wildman–Crippen MR) is 190 cm³/mol. The molecular formula is C37H49N3O7S. The summed E-state index contributed by atoms with van der Waals surface area (Å²) in [5.74, 6) is 4.11. The van der Waals surface area contributed by atoms with Gasteiger partial charge >= 0.3 is 6.09 Å². The molecule has 1 saturated heterocycles. The first kappa shape index (κ1) is 36.8. The number of amides is 2. The number of benzene rings is 3. The zero-order valence-electron chi connectivity index (χ0n) is 28.7. The number of rotatable bonds is 15. The van der Waals surface area contributed by atoms with Crippen molar-refractivity contribution < 1.29 is 33.5 Å². The van der Waals surface area contributed by atoms with Gasteiger partial charge in [0.2, 0.25) is 0 Å². The largest absolute Gasteiger partial charge is 0.506 e. The van der Waals surface area contributed by atoms with Crippen molar-refractivity contribution in [1.29, 1.82) is 0 Å². The Morgan fingerprint density at radius 1 is 1.12 bits per heavy atom. The Bertz CT molecular complexity index is 1660. The van der Waals surface area contributed by atoms with Crippen LogP contribution < -0.4 is 15.0 Å². The van der Waals surface area contributed by atoms with Gasteiger partial charge in [0.15, 0.2) is 6.10 Å². The number of cyclic esters (lactones) is 1. The van der Waals surface area contributed by atoms with Gasteiger partial charge in [0.05, 0.1) is 41.2 Å². The third-order valence-corrected chi connectivity index (χ3v) is 11.1. The second-order valence-corrected chi connectivity index (χ2v) is 15.6. The van der Waals surface area contributed by atoms with Crippen LogP contribution in [0.15, 0.2) is 77.7 Å². The summed E-state index contributed by atoms with van der Waals surface area (Å²) in [6.45, 7) is 10.4. The number of nitrogens with one attached hydrogen (secondary N) is 1. The molecule has 0 aliphatic carbocycles. The molecule has 48 heavy (non-hydrogen) atoms. The van der Waals surface area contributed by atoms with Crippen molar-refractivity contribution in [3.8, 4) is 11.5 Å². The average Bonchev–Trinajstić information content (AvgIpc) is 3.45. The molecule has 3 N–H and O–H groups in total. The maximum Gasteiger partial charge on any atom is 0.415 e. The van der Waals surface area contributed by atoms with Gasteiger partial charge in [-0.2, -0.15) is 0 Å². The molecule has 0 radical (unpaired) electrons. The molecule has 4 atom stereocenters. The van der Waals surface area contributed by atoms with Crippen LogP contribution in [0.2, 0.25) is 0 Å². The normalized spacial score (nSPS) is 17.6. The minimum atomic E-state index is -3.03. The lowest BCUT2D eigenvalue weighted by Crippen LogP contribution is -2.53. The van der Waals surface area contributed by atoms with Crippen molar-refractivity contribution in [2.45, 2.75) is 76.0 Å². The smallest absolute Gasteiger partial charge is 0.415 e. The van der Waals surface area contributed by atoms with Crippen LogP contribution in [0.3, 0.4) is 0 Å². The third kappa shape index (κ3) is 8.69. The van der Waals surface area contributed by atoms with Crippen LogP contribution in [0.5, 0.6) is 11.5 Å². The topological polar surface area (TPSA) is 129 Å². The summed E-state index contributed by atoms with van der Waals surface area (Å²) in [5, 5.41) is 25.3. The van der Waals surface area contributed by atoms with Crippen LogP contribution >= 0.6 is 0 Å². The summed E-state index contributed by atoms with van der Waals surface area (Å²) in [6, 6.07) is 20.5. The first-order valence-corrected chi connectivity index (χ1v) is 17.9. The number of nitrogens with zero attached hydrogens (tertiary/aromatic N) is 2. The minimum absolute atomic E-state index is 0.0468. The molecule has 1 heterocycles. The van der Waals surface area contributed by atoms with Crippen molar-refractivity contribution in [2.24, 2.45) is 5.92 Å². The lowest BCUT2D eigenvalue weighted by molar-refractivity contribution is -0.129. The number of hydrogen-bond acceptors (Lipinski definition) is 7. The number of aromatic hydroxyl groups is 1. The number of phenols is 1. The molecule has 3 aromatic carbocycles. The fourth-order valence-corrected chi connectivity index (χ4v) is 7.38. The highest BCUT2D eigenvalue weighted by atomic mass is 32.2. The number of anilines is 1. The van der Waals surface area contributed by atoms with Crippen LogP contribution in [-0.4, -0.2) is 81.6 Å². The molecular weight excluding hydrogens is 630 g/mol. The number of carbonyl (C=O) groups excluding carboxylic acids is 2. The van der Waals surface area contributed by atoms with E-state index >= 15 is 0 Å². The maximum absolute atomic E-state index is 14.2. The second kappa shape index (κ2) is 15.4. The summed E-state index contributed by atoms with van der Waals surface area (Å²) in [7, 11) is -1.47. The Morgan fingerprint density at radius 2 is 1.79 bits per heavy atom. The monoisotopic (exact) mass is 679 g/mol. The van der Waals surface area contributed by atoms with Crippen molar-refractivity contribution in [1.82, 2.24) is 9.62 Å². The molecule has 2 amide bonds. The molecule has 11 heteroatoms. The van der Waals surface area contributed by atoms with E-state index in [1.165, 1.54) is 4.90 Å². The second-order valence-electron chi connectivity index (χ2n) is 13.4. The summed E-state index contributed by atoms with van der Waals surface area (Å²) in [4.78, 5) is 28.5. The molecule has 0 spiro atoms. The Kier molecular flexibility index (Phi) is 11.8. The van der Waals surface area contributed by atoms with E-state index in [0.717, 1.165) is 17.5 Å². The lowest BCUT2D eigenvalue weighted by Gasteiger charge is -2.33. The van der Waals surface area contributed by atoms with Crippen LogP contribution in [-0.2, 0) is 31.1 Å². The third-order valence-electron chi connectivity index (χ3n) is 8.93. The first-order chi connectivity index (χ1) is 22.7. The van der Waals surface area contributed by atoms with Crippen molar-refractivity contribution in [2.75, 3.05) is 31.6 Å². The highest BCUT2D eigenvalue weighted by Gasteiger charge is 2.40. The van der Waals surface area contributed by atoms with E-state index in [0.29, 0.717) is 17.2 Å². The van der Waals surface area contributed by atoms with Crippen LogP contribution in [0, 0.1) is 5.92 Å². The van der Waals surface area contributed by atoms with Gasteiger partial charge in [-0.3, -0.25) is 9.69 Å². The van der Waals surface area contributed by atoms with Gasteiger partial charge in [-0.1, -0.05) is 71.0 Å². The lowest BCUT2D eigenvalue weighted by atomic mass is 9.82. The van der Waals surface area contributed by atoms with Gasteiger partial charge < -0.3 is 25.0 Å². The Morgan fingerprint density at radius 3 is 2.40 bits per heavy atom. The summed E-state index contributed by atoms with van der Waals surface area (Å²) in [6.07, 6.45) is -2.00. The fourth-order valence-electron chi connectivity index (χ4n) is 5.58. The molecule has 3 aromatic rings. The fraction of sp³-hybridized carbons (Fsp3) is 0.432. The maximum atomic E-state index is 14.2. The van der Waals surface area contributed by atoms with Gasteiger partial charge in [0.1, 0.15) is 11.5 Å². The van der Waals surface area contributed by atoms with E-state index in [4.69, 9.17) is 9.47 Å². The van der Waals surface area contributed by atoms with E-state index in [9.17, 15) is 24.0 Å². The number of hydrogen-bond donors (Lipinski definition) is 3. The molecule has 4 rings (SSSR count). The van der Waals surface area contributed by atoms with Gasteiger partial charge in [-0.15, -0.1) is 0 Å². The summed E-state index contributed by atoms with van der Waals surface area (Å²) >= 11 is 0. The van der Waals surface area contributed by atoms with Crippen molar-refractivity contribution >= 4 is 33.3 Å². The Balaban J connectivity index is 1.57. The number of carbonyl (C=O) groups is 2. The van der Waals surface area contributed by atoms with E-state index in [1.54, 1.807) is 47.8 Å². The van der Waals surface area contributed by atoms with Gasteiger partial charge in [0.25, 0.3) is 5.91 Å². The van der Waals surface area contributed by atoms with Gasteiger partial charge in [-0.25, -0.2) is 13.3 Å². The number of aliphatic hydroxyl groups excluding tert-OH is 1. The molecule has 1 unspecified atom stereocenters. The molecule has 1 aliphatic heterocycles. The van der Waals surface area contributed by atoms with Crippen LogP contribution in [0.1, 0.15) is 52.2 Å². The zero-order chi connectivity index (χ0) is 35.2. The Hall–Kier alpha value is -4.06. The number of ether oxygens (including phenoxy) is 2. The number of aliphatic hydroxyl groups is 1. The molecule has 1 aliphatic rings. The van der Waals surface area contributed by atoms with E-state index in [1.807, 2.05) is 50.2 Å². The van der Waals surface area contributed by atoms with E-state index in [2.05, 4.69) is 32.0 Å². The Labute approximate surface area is 284 Å². The summed E-state index contributed by atoms with van der Waals surface area (Å²) < 4.78 is 26.6. The molecule has 10 nitrogen and oxygen atoms in total. The van der Waals surface area contributed by atoms with E-state index < -0.39 is 40.0 Å². The highest BCUT2D eigenvalue weighted by molar-refractivity contribution is 7.98. The predicted octanol–water partition coefficient (Wildman–Crippen LogP) is 5.15. The first-order valence-electron chi connectivity index (χ1n) is 16.3. The van der Waals surface area contributed by atoms with Gasteiger partial charge in [0, 0.05) is 18.0 Å².